The highest BCUT2D eigenvalue weighted by Crippen LogP contribution is 2.29. The molecule has 0 aromatic carbocycles. The number of thioether (sulfide) groups is 1. The van der Waals surface area contributed by atoms with Crippen LogP contribution in [-0.4, -0.2) is 33.4 Å². The van der Waals surface area contributed by atoms with Crippen LogP contribution in [0.4, 0.5) is 0 Å². The van der Waals surface area contributed by atoms with Gasteiger partial charge in [-0.05, 0) is 44.0 Å². The van der Waals surface area contributed by atoms with Crippen LogP contribution in [-0.2, 0) is 13.5 Å². The largest absolute Gasteiger partial charge is 0.313 e. The smallest absolute Gasteiger partial charge is 0.0492 e. The second-order valence-electron chi connectivity index (χ2n) is 5.05. The molecule has 0 bridgehead atoms. The summed E-state index contributed by atoms with van der Waals surface area (Å²) in [6.45, 7) is 3.29. The van der Waals surface area contributed by atoms with Gasteiger partial charge in [-0.25, -0.2) is 0 Å². The number of nitrogens with zero attached hydrogens (tertiary/aromatic N) is 2. The van der Waals surface area contributed by atoms with Gasteiger partial charge in [0.15, 0.2) is 0 Å². The molecule has 4 heteroatoms. The van der Waals surface area contributed by atoms with Crippen LogP contribution in [0.2, 0.25) is 0 Å². The molecule has 2 rings (SSSR count). The fraction of sp³-hybridized carbons (Fsp3) is 0.786. The molecule has 2 heterocycles. The Morgan fingerprint density at radius 2 is 2.44 bits per heavy atom. The van der Waals surface area contributed by atoms with Crippen LogP contribution in [0.3, 0.4) is 0 Å². The fourth-order valence-corrected chi connectivity index (χ4v) is 4.19. The van der Waals surface area contributed by atoms with Crippen LogP contribution >= 0.6 is 11.8 Å². The number of aryl methyl sites for hydroxylation is 2. The summed E-state index contributed by atoms with van der Waals surface area (Å²) in [7, 11) is 2.03. The number of hydrogen-bond acceptors (Lipinski definition) is 3. The molecule has 18 heavy (non-hydrogen) atoms. The average molecular weight is 267 g/mol. The molecular formula is C14H25N3S. The van der Waals surface area contributed by atoms with E-state index in [1.807, 2.05) is 17.9 Å². The molecule has 1 aliphatic heterocycles. The summed E-state index contributed by atoms with van der Waals surface area (Å²) < 4.78 is 2.00. The Morgan fingerprint density at radius 1 is 1.56 bits per heavy atom. The number of rotatable bonds is 6. The second-order valence-corrected chi connectivity index (χ2v) is 6.40. The Hall–Kier alpha value is -0.480. The van der Waals surface area contributed by atoms with Gasteiger partial charge in [-0.2, -0.15) is 16.9 Å². The second kappa shape index (κ2) is 7.19. The lowest BCUT2D eigenvalue weighted by molar-refractivity contribution is 0.445. The minimum atomic E-state index is 0.662. The van der Waals surface area contributed by atoms with Gasteiger partial charge in [0.05, 0.1) is 0 Å². The zero-order valence-corrected chi connectivity index (χ0v) is 12.4. The lowest BCUT2D eigenvalue weighted by atomic mass is 10.0. The molecule has 1 aliphatic rings. The highest BCUT2D eigenvalue weighted by atomic mass is 32.2. The summed E-state index contributed by atoms with van der Waals surface area (Å²) in [5.41, 5.74) is 1.35. The summed E-state index contributed by atoms with van der Waals surface area (Å²) in [5.74, 6) is 1.35. The van der Waals surface area contributed by atoms with Gasteiger partial charge < -0.3 is 5.32 Å². The number of aromatic nitrogens is 2. The lowest BCUT2D eigenvalue weighted by Gasteiger charge is -2.30. The summed E-state index contributed by atoms with van der Waals surface area (Å²) in [6, 6.07) is 2.80. The quantitative estimate of drug-likeness (QED) is 0.859. The molecule has 0 aliphatic carbocycles. The maximum absolute atomic E-state index is 4.24. The van der Waals surface area contributed by atoms with Gasteiger partial charge in [0.25, 0.3) is 0 Å². The maximum atomic E-state index is 4.24. The first-order valence-corrected chi connectivity index (χ1v) is 8.18. The molecule has 0 spiro atoms. The van der Waals surface area contributed by atoms with E-state index >= 15 is 0 Å². The molecule has 2 unspecified atom stereocenters. The summed E-state index contributed by atoms with van der Waals surface area (Å²) in [6.07, 6.45) is 8.45. The number of nitrogens with one attached hydrogen (secondary N) is 1. The summed E-state index contributed by atoms with van der Waals surface area (Å²) in [4.78, 5) is 0. The molecule has 1 fully saturated rings. The van der Waals surface area contributed by atoms with E-state index in [2.05, 4.69) is 35.2 Å². The molecular weight excluding hydrogens is 242 g/mol. The lowest BCUT2D eigenvalue weighted by Crippen LogP contribution is -2.39. The van der Waals surface area contributed by atoms with E-state index in [1.54, 1.807) is 0 Å². The third-order valence-electron chi connectivity index (χ3n) is 3.76. The topological polar surface area (TPSA) is 29.9 Å². The van der Waals surface area contributed by atoms with E-state index in [9.17, 15) is 0 Å². The Labute approximate surface area is 115 Å². The van der Waals surface area contributed by atoms with Crippen molar-refractivity contribution in [2.24, 2.45) is 7.05 Å². The van der Waals surface area contributed by atoms with Crippen molar-refractivity contribution >= 4 is 11.8 Å². The van der Waals surface area contributed by atoms with Crippen molar-refractivity contribution in [2.75, 3.05) is 12.3 Å². The molecule has 102 valence electrons. The van der Waals surface area contributed by atoms with Crippen molar-refractivity contribution in [1.82, 2.24) is 15.1 Å². The van der Waals surface area contributed by atoms with Gasteiger partial charge >= 0.3 is 0 Å². The van der Waals surface area contributed by atoms with Crippen molar-refractivity contribution in [3.05, 3.63) is 18.0 Å². The first-order chi connectivity index (χ1) is 8.81. The fourth-order valence-electron chi connectivity index (χ4n) is 2.71. The minimum Gasteiger partial charge on any atom is -0.313 e. The van der Waals surface area contributed by atoms with Crippen molar-refractivity contribution in [2.45, 2.75) is 50.3 Å². The Bertz CT molecular complexity index is 345. The summed E-state index contributed by atoms with van der Waals surface area (Å²) in [5, 5.41) is 8.74. The van der Waals surface area contributed by atoms with Crippen molar-refractivity contribution in [1.29, 1.82) is 0 Å². The zero-order chi connectivity index (χ0) is 12.8. The number of hydrogen-bond donors (Lipinski definition) is 1. The van der Waals surface area contributed by atoms with Crippen LogP contribution < -0.4 is 5.32 Å². The van der Waals surface area contributed by atoms with E-state index in [0.717, 1.165) is 18.2 Å². The predicted molar refractivity (Wildman–Crippen MR) is 79.1 cm³/mol. The van der Waals surface area contributed by atoms with Gasteiger partial charge in [0, 0.05) is 30.2 Å². The van der Waals surface area contributed by atoms with Crippen LogP contribution in [0.25, 0.3) is 0 Å². The van der Waals surface area contributed by atoms with E-state index in [-0.39, 0.29) is 0 Å². The van der Waals surface area contributed by atoms with E-state index in [0.29, 0.717) is 6.04 Å². The zero-order valence-electron chi connectivity index (χ0n) is 11.6. The molecule has 1 saturated heterocycles. The molecule has 0 amide bonds. The summed E-state index contributed by atoms with van der Waals surface area (Å²) >= 11 is 2.17. The van der Waals surface area contributed by atoms with Crippen LogP contribution in [0.5, 0.6) is 0 Å². The van der Waals surface area contributed by atoms with E-state index < -0.39 is 0 Å². The highest BCUT2D eigenvalue weighted by Gasteiger charge is 2.23. The van der Waals surface area contributed by atoms with Crippen LogP contribution in [0.1, 0.15) is 38.3 Å². The van der Waals surface area contributed by atoms with Crippen LogP contribution in [0, 0.1) is 0 Å². The molecule has 2 atom stereocenters. The first kappa shape index (κ1) is 13.9. The third kappa shape index (κ3) is 3.75. The maximum Gasteiger partial charge on any atom is 0.0492 e. The van der Waals surface area contributed by atoms with E-state index in [1.165, 1.54) is 37.1 Å². The Balaban J connectivity index is 1.87. The molecule has 0 radical (unpaired) electrons. The monoisotopic (exact) mass is 267 g/mol. The molecule has 0 saturated carbocycles. The van der Waals surface area contributed by atoms with Crippen molar-refractivity contribution in [3.63, 3.8) is 0 Å². The highest BCUT2D eigenvalue weighted by molar-refractivity contribution is 8.00. The molecule has 3 nitrogen and oxygen atoms in total. The normalized spacial score (nSPS) is 22.0. The van der Waals surface area contributed by atoms with Gasteiger partial charge in [-0.15, -0.1) is 0 Å². The van der Waals surface area contributed by atoms with Gasteiger partial charge in [-0.1, -0.05) is 13.3 Å². The molecule has 1 aromatic heterocycles. The molecule has 1 aromatic rings. The average Bonchev–Trinajstić information content (AvgIpc) is 2.81. The van der Waals surface area contributed by atoms with E-state index in [4.69, 9.17) is 0 Å². The first-order valence-electron chi connectivity index (χ1n) is 7.13. The molecule has 1 N–H and O–H groups in total. The van der Waals surface area contributed by atoms with Gasteiger partial charge in [-0.3, -0.25) is 4.68 Å². The standard InChI is InChI=1S/C14H25N3S/c1-3-15-13(14-6-4-5-11-18-14)8-7-12-9-10-16-17(12)2/h9-10,13-15H,3-8,11H2,1-2H3. The van der Waals surface area contributed by atoms with Gasteiger partial charge in [0.1, 0.15) is 0 Å². The third-order valence-corrected chi connectivity index (χ3v) is 5.28. The Kier molecular flexibility index (Phi) is 5.57. The Morgan fingerprint density at radius 3 is 3.06 bits per heavy atom. The van der Waals surface area contributed by atoms with Crippen LogP contribution in [0.15, 0.2) is 12.3 Å². The SMILES string of the molecule is CCNC(CCc1ccnn1C)C1CCCCS1. The van der Waals surface area contributed by atoms with Gasteiger partial charge in [0.2, 0.25) is 0 Å². The van der Waals surface area contributed by atoms with Crippen molar-refractivity contribution in [3.8, 4) is 0 Å². The predicted octanol–water partition coefficient (Wildman–Crippen LogP) is 2.62. The van der Waals surface area contributed by atoms with Crippen molar-refractivity contribution < 1.29 is 0 Å². The minimum absolute atomic E-state index is 0.662.